The molecule has 1 aliphatic carbocycles. The first-order valence-electron chi connectivity index (χ1n) is 11.9. The molecule has 2 aliphatic rings. The number of aryl methyl sites for hydroxylation is 1. The highest BCUT2D eigenvalue weighted by atomic mass is 35.5. The molecule has 0 bridgehead atoms. The van der Waals surface area contributed by atoms with E-state index in [9.17, 15) is 9.59 Å². The number of rotatable bonds is 7. The van der Waals surface area contributed by atoms with Gasteiger partial charge >= 0.3 is 5.97 Å². The zero-order chi connectivity index (χ0) is 24.1. The van der Waals surface area contributed by atoms with E-state index in [1.807, 2.05) is 18.2 Å². The standard InChI is InChI=1S/C25H31Cl2N3O3S/c1-2-33-25(32)23-17-7-4-3-5-10-21(17)34-24(23)28-22(31)16-30-13-11-29(12-14-30)15-18-19(26)8-6-9-20(18)27/h6,8-9H,2-5,7,10-16H2,1H3,(H,28,31). The molecule has 1 N–H and O–H groups in total. The third-order valence-corrected chi connectivity index (χ3v) is 8.34. The van der Waals surface area contributed by atoms with Gasteiger partial charge in [-0.2, -0.15) is 0 Å². The second kappa shape index (κ2) is 11.9. The van der Waals surface area contributed by atoms with Crippen molar-refractivity contribution in [3.63, 3.8) is 0 Å². The maximum atomic E-state index is 12.9. The highest BCUT2D eigenvalue weighted by molar-refractivity contribution is 7.17. The van der Waals surface area contributed by atoms with Gasteiger partial charge in [0.2, 0.25) is 5.91 Å². The van der Waals surface area contributed by atoms with E-state index >= 15 is 0 Å². The Bertz CT molecular complexity index is 1010. The van der Waals surface area contributed by atoms with Gasteiger partial charge in [-0.3, -0.25) is 14.6 Å². The summed E-state index contributed by atoms with van der Waals surface area (Å²) >= 11 is 14.2. The molecule has 9 heteroatoms. The molecule has 1 fully saturated rings. The smallest absolute Gasteiger partial charge is 0.341 e. The van der Waals surface area contributed by atoms with Crippen LogP contribution < -0.4 is 5.32 Å². The number of thiophene rings is 1. The Morgan fingerprint density at radius 2 is 1.71 bits per heavy atom. The number of esters is 1. The van der Waals surface area contributed by atoms with Gasteiger partial charge in [-0.1, -0.05) is 35.7 Å². The third-order valence-electron chi connectivity index (χ3n) is 6.43. The van der Waals surface area contributed by atoms with Crippen LogP contribution in [-0.4, -0.2) is 61.0 Å². The minimum Gasteiger partial charge on any atom is -0.462 e. The lowest BCUT2D eigenvalue weighted by molar-refractivity contribution is -0.117. The Morgan fingerprint density at radius 1 is 1.03 bits per heavy atom. The van der Waals surface area contributed by atoms with E-state index in [2.05, 4.69) is 15.1 Å². The fraction of sp³-hybridized carbons (Fsp3) is 0.520. The monoisotopic (exact) mass is 523 g/mol. The van der Waals surface area contributed by atoms with Crippen molar-refractivity contribution in [1.29, 1.82) is 0 Å². The molecule has 184 valence electrons. The number of piperazine rings is 1. The second-order valence-corrected chi connectivity index (χ2v) is 10.7. The van der Waals surface area contributed by atoms with Crippen LogP contribution >= 0.6 is 34.5 Å². The minimum absolute atomic E-state index is 0.0930. The predicted octanol–water partition coefficient (Wildman–Crippen LogP) is 5.26. The average Bonchev–Trinajstić information content (AvgIpc) is 2.97. The van der Waals surface area contributed by atoms with Crippen LogP contribution in [0.4, 0.5) is 5.00 Å². The highest BCUT2D eigenvalue weighted by Crippen LogP contribution is 2.38. The first-order valence-corrected chi connectivity index (χ1v) is 13.5. The van der Waals surface area contributed by atoms with Crippen molar-refractivity contribution in [2.45, 2.75) is 45.6 Å². The first-order chi connectivity index (χ1) is 16.5. The van der Waals surface area contributed by atoms with Crippen LogP contribution in [0.15, 0.2) is 18.2 Å². The number of benzene rings is 1. The van der Waals surface area contributed by atoms with E-state index in [4.69, 9.17) is 27.9 Å². The van der Waals surface area contributed by atoms with Gasteiger partial charge in [-0.25, -0.2) is 4.79 Å². The van der Waals surface area contributed by atoms with Gasteiger partial charge < -0.3 is 10.1 Å². The minimum atomic E-state index is -0.330. The zero-order valence-electron chi connectivity index (χ0n) is 19.5. The number of halogens is 2. The highest BCUT2D eigenvalue weighted by Gasteiger charge is 2.27. The number of nitrogens with one attached hydrogen (secondary N) is 1. The molecule has 1 aliphatic heterocycles. The summed E-state index contributed by atoms with van der Waals surface area (Å²) in [6, 6.07) is 5.57. The number of ether oxygens (including phenoxy) is 1. The number of hydrogen-bond donors (Lipinski definition) is 1. The van der Waals surface area contributed by atoms with Crippen molar-refractivity contribution < 1.29 is 14.3 Å². The number of hydrogen-bond acceptors (Lipinski definition) is 6. The quantitative estimate of drug-likeness (QED) is 0.396. The molecule has 0 unspecified atom stereocenters. The van der Waals surface area contributed by atoms with Crippen molar-refractivity contribution >= 4 is 51.4 Å². The summed E-state index contributed by atoms with van der Waals surface area (Å²) in [7, 11) is 0. The predicted molar refractivity (Wildman–Crippen MR) is 138 cm³/mol. The van der Waals surface area contributed by atoms with E-state index in [1.165, 1.54) is 22.6 Å². The van der Waals surface area contributed by atoms with Crippen LogP contribution in [0.3, 0.4) is 0 Å². The summed E-state index contributed by atoms with van der Waals surface area (Å²) < 4.78 is 5.32. The molecule has 0 atom stereocenters. The number of amides is 1. The summed E-state index contributed by atoms with van der Waals surface area (Å²) in [6.45, 7) is 6.34. The van der Waals surface area contributed by atoms with Crippen molar-refractivity contribution in [3.05, 3.63) is 49.8 Å². The van der Waals surface area contributed by atoms with Gasteiger partial charge in [0.25, 0.3) is 0 Å². The fourth-order valence-electron chi connectivity index (χ4n) is 4.63. The van der Waals surface area contributed by atoms with Gasteiger partial charge in [0, 0.05) is 53.2 Å². The topological polar surface area (TPSA) is 61.9 Å². The summed E-state index contributed by atoms with van der Waals surface area (Å²) in [4.78, 5) is 31.3. The summed E-state index contributed by atoms with van der Waals surface area (Å²) in [5.41, 5.74) is 2.59. The van der Waals surface area contributed by atoms with Gasteiger partial charge in [0.1, 0.15) is 5.00 Å². The van der Waals surface area contributed by atoms with Crippen molar-refractivity contribution in [1.82, 2.24) is 9.80 Å². The molecule has 0 saturated carbocycles. The molecule has 0 spiro atoms. The van der Waals surface area contributed by atoms with Crippen LogP contribution in [-0.2, 0) is 28.9 Å². The van der Waals surface area contributed by atoms with E-state index in [-0.39, 0.29) is 11.9 Å². The molecule has 4 rings (SSSR count). The molecule has 2 aromatic rings. The van der Waals surface area contributed by atoms with Crippen LogP contribution in [0.1, 0.15) is 52.5 Å². The Balaban J connectivity index is 1.35. The average molecular weight is 525 g/mol. The van der Waals surface area contributed by atoms with Gasteiger partial charge in [-0.15, -0.1) is 11.3 Å². The van der Waals surface area contributed by atoms with Crippen LogP contribution in [0.5, 0.6) is 0 Å². The van der Waals surface area contributed by atoms with Crippen molar-refractivity contribution in [2.75, 3.05) is 44.6 Å². The first kappa shape index (κ1) is 25.5. The molecule has 1 aromatic heterocycles. The van der Waals surface area contributed by atoms with Gasteiger partial charge in [-0.05, 0) is 50.3 Å². The van der Waals surface area contributed by atoms with E-state index in [0.29, 0.717) is 40.3 Å². The van der Waals surface area contributed by atoms with Gasteiger partial charge in [0.05, 0.1) is 18.7 Å². The molecule has 0 radical (unpaired) electrons. The molecule has 6 nitrogen and oxygen atoms in total. The maximum absolute atomic E-state index is 12.9. The van der Waals surface area contributed by atoms with E-state index < -0.39 is 0 Å². The van der Waals surface area contributed by atoms with Crippen molar-refractivity contribution in [2.24, 2.45) is 0 Å². The molecular weight excluding hydrogens is 493 g/mol. The number of fused-ring (bicyclic) bond motifs is 1. The number of anilines is 1. The van der Waals surface area contributed by atoms with Crippen molar-refractivity contribution in [3.8, 4) is 0 Å². The lowest BCUT2D eigenvalue weighted by Crippen LogP contribution is -2.48. The normalized spacial score (nSPS) is 17.1. The Hall–Kier alpha value is -1.64. The maximum Gasteiger partial charge on any atom is 0.341 e. The summed E-state index contributed by atoms with van der Waals surface area (Å²) in [5.74, 6) is -0.423. The summed E-state index contributed by atoms with van der Waals surface area (Å²) in [5, 5.41) is 5.03. The molecule has 2 heterocycles. The van der Waals surface area contributed by atoms with Crippen LogP contribution in [0, 0.1) is 0 Å². The van der Waals surface area contributed by atoms with Crippen LogP contribution in [0.2, 0.25) is 10.0 Å². The number of nitrogens with zero attached hydrogens (tertiary/aromatic N) is 2. The second-order valence-electron chi connectivity index (χ2n) is 8.79. The Morgan fingerprint density at radius 3 is 2.41 bits per heavy atom. The van der Waals surface area contributed by atoms with Crippen LogP contribution in [0.25, 0.3) is 0 Å². The SMILES string of the molecule is CCOC(=O)c1c(NC(=O)CN2CCN(Cc3c(Cl)cccc3Cl)CC2)sc2c1CCCCC2. The fourth-order valence-corrected chi connectivity index (χ4v) is 6.44. The third kappa shape index (κ3) is 6.13. The number of carbonyl (C=O) groups excluding carboxylic acids is 2. The largest absolute Gasteiger partial charge is 0.462 e. The van der Waals surface area contributed by atoms with E-state index in [0.717, 1.165) is 63.0 Å². The summed E-state index contributed by atoms with van der Waals surface area (Å²) in [6.07, 6.45) is 5.17. The number of carbonyl (C=O) groups is 2. The van der Waals surface area contributed by atoms with Gasteiger partial charge in [0.15, 0.2) is 0 Å². The molecule has 1 saturated heterocycles. The molecular formula is C25H31Cl2N3O3S. The Labute approximate surface area is 215 Å². The zero-order valence-corrected chi connectivity index (χ0v) is 21.8. The lowest BCUT2D eigenvalue weighted by atomic mass is 10.1. The molecule has 1 amide bonds. The molecule has 1 aromatic carbocycles. The Kier molecular flexibility index (Phi) is 8.88. The van der Waals surface area contributed by atoms with E-state index in [1.54, 1.807) is 6.92 Å². The molecule has 34 heavy (non-hydrogen) atoms. The lowest BCUT2D eigenvalue weighted by Gasteiger charge is -2.34.